The number of rotatable bonds is 11. The summed E-state index contributed by atoms with van der Waals surface area (Å²) in [6.45, 7) is -0.273. The van der Waals surface area contributed by atoms with Crippen LogP contribution in [0.4, 0.5) is 0 Å². The van der Waals surface area contributed by atoms with Gasteiger partial charge in [-0.05, 0) is 60.5 Å². The minimum Gasteiger partial charge on any atom is -0.460 e. The molecule has 0 saturated carbocycles. The van der Waals surface area contributed by atoms with E-state index < -0.39 is 33.8 Å². The predicted octanol–water partition coefficient (Wildman–Crippen LogP) is 3.95. The lowest BCUT2D eigenvalue weighted by molar-refractivity contribution is -0.147. The summed E-state index contributed by atoms with van der Waals surface area (Å²) in [5.41, 5.74) is 1.23. The molecule has 1 unspecified atom stereocenters. The van der Waals surface area contributed by atoms with Crippen molar-refractivity contribution < 1.29 is 32.3 Å². The van der Waals surface area contributed by atoms with Crippen LogP contribution in [0.5, 0.6) is 11.5 Å². The molecule has 1 aliphatic heterocycles. The van der Waals surface area contributed by atoms with Gasteiger partial charge < -0.3 is 9.47 Å². The van der Waals surface area contributed by atoms with E-state index in [4.69, 9.17) is 9.47 Å². The number of fused-ring (bicyclic) bond motifs is 1. The summed E-state index contributed by atoms with van der Waals surface area (Å²) in [4.78, 5) is 43.5. The van der Waals surface area contributed by atoms with Gasteiger partial charge in [-0.15, -0.1) is 0 Å². The van der Waals surface area contributed by atoms with E-state index in [1.54, 1.807) is 73.1 Å². The quantitative estimate of drug-likeness (QED) is 0.211. The number of hydrogen-bond acceptors (Lipinski definition) is 8. The van der Waals surface area contributed by atoms with Crippen molar-refractivity contribution in [1.82, 2.24) is 14.6 Å². The van der Waals surface area contributed by atoms with E-state index in [0.717, 1.165) is 4.90 Å². The Bertz CT molecular complexity index is 1630. The molecule has 10 nitrogen and oxygen atoms in total. The maximum absolute atomic E-state index is 13.3. The van der Waals surface area contributed by atoms with Crippen molar-refractivity contribution in [2.24, 2.45) is 0 Å². The number of sulfonamides is 1. The van der Waals surface area contributed by atoms with E-state index in [1.165, 1.54) is 24.3 Å². The first kappa shape index (κ1) is 27.7. The Hall–Kier alpha value is -4.87. The summed E-state index contributed by atoms with van der Waals surface area (Å²) in [6, 6.07) is 22.9. The lowest BCUT2D eigenvalue weighted by atomic mass is 10.1. The molecule has 0 radical (unpaired) electrons. The van der Waals surface area contributed by atoms with Gasteiger partial charge in [0.15, 0.2) is 0 Å². The Morgan fingerprint density at radius 2 is 1.39 bits per heavy atom. The third-order valence-electron chi connectivity index (χ3n) is 6.34. The van der Waals surface area contributed by atoms with Crippen LogP contribution >= 0.6 is 0 Å². The second-order valence-corrected chi connectivity index (χ2v) is 10.8. The van der Waals surface area contributed by atoms with Gasteiger partial charge in [0.1, 0.15) is 24.1 Å². The van der Waals surface area contributed by atoms with E-state index in [-0.39, 0.29) is 35.6 Å². The van der Waals surface area contributed by atoms with Crippen molar-refractivity contribution >= 4 is 27.8 Å². The first-order valence-electron chi connectivity index (χ1n) is 12.7. The number of carbonyl (C=O) groups is 3. The fourth-order valence-corrected chi connectivity index (χ4v) is 5.46. The number of nitrogens with one attached hydrogen (secondary N) is 1. The van der Waals surface area contributed by atoms with Crippen LogP contribution in [0.2, 0.25) is 0 Å². The van der Waals surface area contributed by atoms with E-state index in [2.05, 4.69) is 9.71 Å². The van der Waals surface area contributed by atoms with Crippen LogP contribution in [0.25, 0.3) is 0 Å². The highest BCUT2D eigenvalue weighted by molar-refractivity contribution is 7.89. The summed E-state index contributed by atoms with van der Waals surface area (Å²) < 4.78 is 40.0. The standard InChI is InChI=1S/C30H25N3O7S/c34-28-25-8-4-5-9-26(25)29(35)33(28)19-16-27(30(36)39-20-21-6-2-1-3-7-21)32-41(37,38)24-12-10-22(11-13-24)40-23-14-17-31-18-15-23/h1-15,17-18,27,32H,16,19-20H2. The highest BCUT2D eigenvalue weighted by Gasteiger charge is 2.36. The van der Waals surface area contributed by atoms with E-state index in [1.807, 2.05) is 6.07 Å². The maximum atomic E-state index is 13.3. The molecule has 4 aromatic rings. The topological polar surface area (TPSA) is 132 Å². The first-order valence-corrected chi connectivity index (χ1v) is 14.2. The fraction of sp³-hybridized carbons (Fsp3) is 0.133. The monoisotopic (exact) mass is 571 g/mol. The number of amides is 2. The minimum absolute atomic E-state index is 0.0774. The number of carbonyl (C=O) groups excluding carboxylic acids is 3. The van der Waals surface area contributed by atoms with Crippen LogP contribution in [0.1, 0.15) is 32.7 Å². The Kier molecular flexibility index (Phi) is 8.18. The SMILES string of the molecule is O=C(OCc1ccccc1)C(CCN1C(=O)c2ccccc2C1=O)NS(=O)(=O)c1ccc(Oc2ccncc2)cc1. The number of nitrogens with zero attached hydrogens (tertiary/aromatic N) is 2. The molecule has 3 aromatic carbocycles. The van der Waals surface area contributed by atoms with Gasteiger partial charge in [0.2, 0.25) is 10.0 Å². The van der Waals surface area contributed by atoms with Crippen molar-refractivity contribution in [2.45, 2.75) is 24.0 Å². The number of aromatic nitrogens is 1. The van der Waals surface area contributed by atoms with Gasteiger partial charge in [0.25, 0.3) is 11.8 Å². The molecular weight excluding hydrogens is 546 g/mol. The Morgan fingerprint density at radius 3 is 2.02 bits per heavy atom. The average molecular weight is 572 g/mol. The molecular formula is C30H25N3O7S. The van der Waals surface area contributed by atoms with Crippen LogP contribution in [0, 0.1) is 0 Å². The number of ether oxygens (including phenoxy) is 2. The van der Waals surface area contributed by atoms with Crippen LogP contribution in [0.15, 0.2) is 108 Å². The molecule has 11 heteroatoms. The van der Waals surface area contributed by atoms with Crippen molar-refractivity contribution in [3.63, 3.8) is 0 Å². The molecule has 0 fully saturated rings. The lowest BCUT2D eigenvalue weighted by Gasteiger charge is -2.21. The van der Waals surface area contributed by atoms with E-state index >= 15 is 0 Å². The highest BCUT2D eigenvalue weighted by Crippen LogP contribution is 2.24. The summed E-state index contributed by atoms with van der Waals surface area (Å²) >= 11 is 0. The fourth-order valence-electron chi connectivity index (χ4n) is 4.24. The Morgan fingerprint density at radius 1 is 0.805 bits per heavy atom. The van der Waals surface area contributed by atoms with Crippen LogP contribution in [0.3, 0.4) is 0 Å². The van der Waals surface area contributed by atoms with Gasteiger partial charge >= 0.3 is 5.97 Å². The summed E-state index contributed by atoms with van der Waals surface area (Å²) in [6.07, 6.45) is 2.94. The second kappa shape index (κ2) is 12.1. The maximum Gasteiger partial charge on any atom is 0.324 e. The molecule has 2 amide bonds. The van der Waals surface area contributed by atoms with Crippen LogP contribution in [-0.4, -0.2) is 48.7 Å². The molecule has 41 heavy (non-hydrogen) atoms. The van der Waals surface area contributed by atoms with Crippen molar-refractivity contribution in [2.75, 3.05) is 6.54 Å². The molecule has 2 heterocycles. The van der Waals surface area contributed by atoms with Crippen molar-refractivity contribution in [3.05, 3.63) is 120 Å². The molecule has 1 aromatic heterocycles. The first-order chi connectivity index (χ1) is 19.8. The largest absolute Gasteiger partial charge is 0.460 e. The summed E-state index contributed by atoms with van der Waals surface area (Å²) in [5.74, 6) is -0.918. The molecule has 1 aliphatic rings. The molecule has 5 rings (SSSR count). The number of benzene rings is 3. The minimum atomic E-state index is -4.21. The summed E-state index contributed by atoms with van der Waals surface area (Å²) in [5, 5.41) is 0. The zero-order chi connectivity index (χ0) is 28.8. The van der Waals surface area contributed by atoms with Gasteiger partial charge in [-0.3, -0.25) is 24.3 Å². The third kappa shape index (κ3) is 6.48. The van der Waals surface area contributed by atoms with E-state index in [0.29, 0.717) is 17.1 Å². The van der Waals surface area contributed by atoms with Crippen molar-refractivity contribution in [3.8, 4) is 11.5 Å². The Labute approximate surface area is 236 Å². The highest BCUT2D eigenvalue weighted by atomic mass is 32.2. The van der Waals surface area contributed by atoms with Gasteiger partial charge in [0, 0.05) is 18.9 Å². The van der Waals surface area contributed by atoms with Crippen molar-refractivity contribution in [1.29, 1.82) is 0 Å². The lowest BCUT2D eigenvalue weighted by Crippen LogP contribution is -2.44. The molecule has 0 bridgehead atoms. The zero-order valence-corrected chi connectivity index (χ0v) is 22.5. The molecule has 0 spiro atoms. The summed E-state index contributed by atoms with van der Waals surface area (Å²) in [7, 11) is -4.21. The number of pyridine rings is 1. The zero-order valence-electron chi connectivity index (χ0n) is 21.7. The molecule has 1 atom stereocenters. The van der Waals surface area contributed by atoms with Gasteiger partial charge in [-0.25, -0.2) is 8.42 Å². The molecule has 208 valence electrons. The number of hydrogen-bond donors (Lipinski definition) is 1. The third-order valence-corrected chi connectivity index (χ3v) is 7.83. The molecule has 0 aliphatic carbocycles. The predicted molar refractivity (Wildman–Crippen MR) is 148 cm³/mol. The molecule has 0 saturated heterocycles. The normalized spacial score (nSPS) is 13.5. The van der Waals surface area contributed by atoms with Gasteiger partial charge in [0.05, 0.1) is 16.0 Å². The molecule has 1 N–H and O–H groups in total. The number of esters is 1. The van der Waals surface area contributed by atoms with E-state index in [9.17, 15) is 22.8 Å². The number of imide groups is 1. The van der Waals surface area contributed by atoms with Crippen LogP contribution < -0.4 is 9.46 Å². The van der Waals surface area contributed by atoms with Gasteiger partial charge in [-0.2, -0.15) is 4.72 Å². The second-order valence-electron chi connectivity index (χ2n) is 9.12. The van der Waals surface area contributed by atoms with Crippen LogP contribution in [-0.2, 0) is 26.2 Å². The average Bonchev–Trinajstić information content (AvgIpc) is 3.24. The van der Waals surface area contributed by atoms with Gasteiger partial charge in [-0.1, -0.05) is 42.5 Å². The Balaban J connectivity index is 1.31. The smallest absolute Gasteiger partial charge is 0.324 e.